The third-order valence-corrected chi connectivity index (χ3v) is 4.21. The smallest absolute Gasteiger partial charge is 0.254 e. The number of nitrogens with zero attached hydrogens (tertiary/aromatic N) is 4. The van der Waals surface area contributed by atoms with Gasteiger partial charge in [0.2, 0.25) is 5.78 Å². The third kappa shape index (κ3) is 2.64. The molecule has 0 atom stereocenters. The van der Waals surface area contributed by atoms with Crippen LogP contribution >= 0.6 is 0 Å². The molecular formula is C19H17N4Y-. The van der Waals surface area contributed by atoms with Crippen LogP contribution in [0.5, 0.6) is 0 Å². The van der Waals surface area contributed by atoms with E-state index in [0.29, 0.717) is 0 Å². The van der Waals surface area contributed by atoms with Gasteiger partial charge in [-0.3, -0.25) is 4.68 Å². The maximum Gasteiger partial charge on any atom is 0.267 e. The summed E-state index contributed by atoms with van der Waals surface area (Å²) in [6, 6.07) is 19.4. The van der Waals surface area contributed by atoms with E-state index in [4.69, 9.17) is 4.98 Å². The molecule has 0 aliphatic rings. The van der Waals surface area contributed by atoms with Crippen LogP contribution in [0.25, 0.3) is 22.4 Å². The van der Waals surface area contributed by atoms with E-state index < -0.39 is 0 Å². The number of hydrogen-bond donors (Lipinski definition) is 0. The molecule has 0 aliphatic heterocycles. The molecule has 2 aromatic heterocycles. The molecule has 1 radical (unpaired) electrons. The van der Waals surface area contributed by atoms with Gasteiger partial charge in [0.25, 0.3) is 5.82 Å². The number of rotatable bonds is 2. The van der Waals surface area contributed by atoms with Gasteiger partial charge in [-0.2, -0.15) is 22.9 Å². The third-order valence-electron chi connectivity index (χ3n) is 4.21. The summed E-state index contributed by atoms with van der Waals surface area (Å²) in [6.45, 7) is 4.13. The number of para-hydroxylation sites is 2. The number of aromatic nitrogens is 4. The molecule has 0 unspecified atom stereocenters. The van der Waals surface area contributed by atoms with Crippen LogP contribution in [0.15, 0.2) is 48.5 Å². The second-order valence-corrected chi connectivity index (χ2v) is 5.63. The zero-order valence-corrected chi connectivity index (χ0v) is 16.8. The van der Waals surface area contributed by atoms with Crippen LogP contribution in [-0.2, 0) is 39.8 Å². The van der Waals surface area contributed by atoms with Crippen molar-refractivity contribution in [2.75, 3.05) is 0 Å². The summed E-state index contributed by atoms with van der Waals surface area (Å²) in [4.78, 5) is 4.76. The minimum Gasteiger partial charge on any atom is -0.254 e. The molecule has 0 N–H and O–H groups in total. The topological polar surface area (TPSA) is 26.1 Å². The van der Waals surface area contributed by atoms with Gasteiger partial charge in [0.15, 0.2) is 0 Å². The molecule has 2 heterocycles. The molecule has 0 bridgehead atoms. The van der Waals surface area contributed by atoms with Gasteiger partial charge >= 0.3 is 0 Å². The average molecular weight is 390 g/mol. The standard InChI is InChI=1S/C19H17N4.Y/c1-14(16-9-5-4-6-10-16)13-22-19-20-17-11-7-8-12-18(17)23(19)15(2)21(22)3;/h4-9,11-12H,1-3H3;/q-1;. The van der Waals surface area contributed by atoms with Crippen molar-refractivity contribution in [2.24, 2.45) is 7.05 Å². The summed E-state index contributed by atoms with van der Waals surface area (Å²) in [5, 5.41) is 0. The number of fused-ring (bicyclic) bond motifs is 3. The first-order chi connectivity index (χ1) is 11.2. The molecule has 0 fully saturated rings. The Kier molecular flexibility index (Phi) is 4.70. The van der Waals surface area contributed by atoms with E-state index in [9.17, 15) is 0 Å². The summed E-state index contributed by atoms with van der Waals surface area (Å²) in [5.74, 6) is 1.97. The molecule has 0 aliphatic carbocycles. The fraction of sp³-hybridized carbons (Fsp3) is 0.158. The van der Waals surface area contributed by atoms with Gasteiger partial charge in [-0.15, -0.1) is 6.07 Å². The van der Waals surface area contributed by atoms with Crippen LogP contribution < -0.4 is 4.68 Å². The normalized spacial score (nSPS) is 11.9. The molecule has 5 heteroatoms. The maximum atomic E-state index is 4.76. The van der Waals surface area contributed by atoms with E-state index in [2.05, 4.69) is 34.3 Å². The second kappa shape index (κ2) is 6.62. The number of benzene rings is 2. The van der Waals surface area contributed by atoms with Crippen molar-refractivity contribution in [3.8, 4) is 0 Å². The molecule has 24 heavy (non-hydrogen) atoms. The molecule has 4 nitrogen and oxygen atoms in total. The van der Waals surface area contributed by atoms with Crippen LogP contribution in [-0.4, -0.2) is 14.1 Å². The van der Waals surface area contributed by atoms with Crippen molar-refractivity contribution in [1.82, 2.24) is 14.1 Å². The summed E-state index contributed by atoms with van der Waals surface area (Å²) in [5.41, 5.74) is 4.16. The largest absolute Gasteiger partial charge is 0.267 e. The fourth-order valence-electron chi connectivity index (χ4n) is 2.87. The monoisotopic (exact) mass is 390 g/mol. The molecule has 117 valence electrons. The molecule has 0 saturated carbocycles. The van der Waals surface area contributed by atoms with Crippen LogP contribution in [0, 0.1) is 19.2 Å². The zero-order chi connectivity index (χ0) is 16.0. The van der Waals surface area contributed by atoms with Crippen molar-refractivity contribution >= 4 is 22.4 Å². The zero-order valence-electron chi connectivity index (χ0n) is 14.0. The maximum absolute atomic E-state index is 4.76. The van der Waals surface area contributed by atoms with E-state index in [-0.39, 0.29) is 32.7 Å². The van der Waals surface area contributed by atoms with Gasteiger partial charge in [-0.05, 0) is 12.1 Å². The van der Waals surface area contributed by atoms with Crippen LogP contribution in [0.1, 0.15) is 18.3 Å². The Morgan fingerprint density at radius 1 is 1.17 bits per heavy atom. The Labute approximate surface area is 166 Å². The van der Waals surface area contributed by atoms with E-state index in [1.807, 2.05) is 61.1 Å². The van der Waals surface area contributed by atoms with Crippen molar-refractivity contribution in [3.05, 3.63) is 72.2 Å². The predicted octanol–water partition coefficient (Wildman–Crippen LogP) is 2.93. The number of hydrogen-bond acceptors (Lipinski definition) is 1. The van der Waals surface area contributed by atoms with Crippen molar-refractivity contribution in [3.63, 3.8) is 0 Å². The summed E-state index contributed by atoms with van der Waals surface area (Å²) >= 11 is 0. The summed E-state index contributed by atoms with van der Waals surface area (Å²) in [7, 11) is 2.02. The van der Waals surface area contributed by atoms with Crippen molar-refractivity contribution < 1.29 is 37.4 Å². The molecule has 4 aromatic rings. The predicted molar refractivity (Wildman–Crippen MR) is 89.6 cm³/mol. The Balaban J connectivity index is 0.00000169. The minimum absolute atomic E-state index is 0. The van der Waals surface area contributed by atoms with Gasteiger partial charge < -0.3 is 0 Å². The summed E-state index contributed by atoms with van der Waals surface area (Å²) in [6.07, 6.45) is 3.43. The van der Waals surface area contributed by atoms with E-state index >= 15 is 0 Å². The molecule has 4 rings (SSSR count). The molecular weight excluding hydrogens is 373 g/mol. The minimum atomic E-state index is 0. The van der Waals surface area contributed by atoms with E-state index in [0.717, 1.165) is 33.8 Å². The molecule has 2 aromatic carbocycles. The first kappa shape index (κ1) is 17.1. The number of allylic oxidation sites excluding steroid dienone is 1. The number of aryl methyl sites for hydroxylation is 1. The average Bonchev–Trinajstić information content (AvgIpc) is 3.07. The van der Waals surface area contributed by atoms with E-state index in [1.165, 1.54) is 0 Å². The first-order valence-corrected chi connectivity index (χ1v) is 7.59. The quantitative estimate of drug-likeness (QED) is 0.382. The van der Waals surface area contributed by atoms with Gasteiger partial charge in [-0.25, -0.2) is 26.6 Å². The van der Waals surface area contributed by atoms with Crippen molar-refractivity contribution in [1.29, 1.82) is 0 Å². The van der Waals surface area contributed by atoms with Crippen molar-refractivity contribution in [2.45, 2.75) is 13.8 Å². The Morgan fingerprint density at radius 3 is 2.67 bits per heavy atom. The van der Waals surface area contributed by atoms with Gasteiger partial charge in [0, 0.05) is 39.6 Å². The SMILES string of the molecule is CC(=[C-]n1c2nc3ccccc3n2c(C)[n+]1C)c1[c-]cccc1.[Y]. The first-order valence-electron chi connectivity index (χ1n) is 7.59. The van der Waals surface area contributed by atoms with E-state index in [1.54, 1.807) is 0 Å². The van der Waals surface area contributed by atoms with Gasteiger partial charge in [-0.1, -0.05) is 25.3 Å². The Hall–Kier alpha value is -1.78. The molecule has 0 amide bonds. The molecule has 0 spiro atoms. The Morgan fingerprint density at radius 2 is 1.92 bits per heavy atom. The molecule has 0 saturated heterocycles. The second-order valence-electron chi connectivity index (χ2n) is 5.63. The Bertz CT molecular complexity index is 1040. The fourth-order valence-corrected chi connectivity index (χ4v) is 2.87. The van der Waals surface area contributed by atoms with Crippen LogP contribution in [0.3, 0.4) is 0 Å². The van der Waals surface area contributed by atoms with Crippen LogP contribution in [0.4, 0.5) is 0 Å². The van der Waals surface area contributed by atoms with Gasteiger partial charge in [0.1, 0.15) is 11.0 Å². The van der Waals surface area contributed by atoms with Gasteiger partial charge in [0.05, 0.1) is 7.05 Å². The summed E-state index contributed by atoms with van der Waals surface area (Å²) < 4.78 is 6.18. The van der Waals surface area contributed by atoms with Crippen LogP contribution in [0.2, 0.25) is 0 Å². The number of imidazole rings is 1.